The molecule has 0 aromatic carbocycles. The quantitative estimate of drug-likeness (QED) is 0.673. The Kier molecular flexibility index (Phi) is 4.71. The maximum atomic E-state index is 11.8. The van der Waals surface area contributed by atoms with Crippen molar-refractivity contribution in [2.24, 2.45) is 0 Å². The number of hydrogen-bond acceptors (Lipinski definition) is 4. The molecule has 16 heavy (non-hydrogen) atoms. The van der Waals surface area contributed by atoms with Crippen LogP contribution in [0.3, 0.4) is 0 Å². The predicted molar refractivity (Wildman–Crippen MR) is 47.4 cm³/mol. The fraction of sp³-hybridized carbons (Fsp3) is 1.00. The number of sulfonamides is 2. The van der Waals surface area contributed by atoms with E-state index in [4.69, 9.17) is 0 Å². The van der Waals surface area contributed by atoms with Crippen LogP contribution in [0, 0.1) is 0 Å². The average Bonchev–Trinajstić information content (AvgIpc) is 1.98. The molecule has 0 saturated heterocycles. The highest BCUT2D eigenvalue weighted by molar-refractivity contribution is 8.04. The van der Waals surface area contributed by atoms with E-state index in [-0.39, 0.29) is 0 Å². The van der Waals surface area contributed by atoms with Gasteiger partial charge in [-0.1, -0.05) is 3.71 Å². The van der Waals surface area contributed by atoms with Crippen LogP contribution in [0.2, 0.25) is 0 Å². The number of halogens is 4. The minimum absolute atomic E-state index is 0.437. The monoisotopic (exact) mass is 287 g/mol. The molecule has 0 aliphatic rings. The molecule has 0 amide bonds. The highest BCUT2D eigenvalue weighted by Crippen LogP contribution is 2.20. The molecule has 0 aliphatic heterocycles. The molecule has 0 N–H and O–H groups in total. The Morgan fingerprint density at radius 2 is 1.50 bits per heavy atom. The van der Waals surface area contributed by atoms with E-state index in [9.17, 15) is 34.4 Å². The van der Waals surface area contributed by atoms with Gasteiger partial charge in [0.15, 0.2) is 5.75 Å². The molecule has 0 atom stereocenters. The lowest BCUT2D eigenvalue weighted by molar-refractivity contribution is -0.106. The Morgan fingerprint density at radius 3 is 1.81 bits per heavy atom. The van der Waals surface area contributed by atoms with E-state index in [0.717, 1.165) is 0 Å². The summed E-state index contributed by atoms with van der Waals surface area (Å²) in [6, 6.07) is 0. The lowest BCUT2D eigenvalue weighted by Crippen LogP contribution is -2.40. The second-order valence-corrected chi connectivity index (χ2v) is 7.11. The summed E-state index contributed by atoms with van der Waals surface area (Å²) in [7, 11) is -9.18. The summed E-state index contributed by atoms with van der Waals surface area (Å²) >= 11 is 0. The Balaban J connectivity index is 5.07. The lowest BCUT2D eigenvalue weighted by atomic mass is 10.8. The zero-order chi connectivity index (χ0) is 13.2. The summed E-state index contributed by atoms with van der Waals surface area (Å²) in [5, 5.41) is 0. The van der Waals surface area contributed by atoms with Crippen LogP contribution in [-0.4, -0.2) is 52.0 Å². The number of hydrogen-bond donors (Lipinski definition) is 0. The van der Waals surface area contributed by atoms with Gasteiger partial charge in [-0.2, -0.15) is 13.2 Å². The SMILES string of the molecule is CN(S(=O)(=O)CCF)S(=O)(=O)CC(F)(F)F. The van der Waals surface area contributed by atoms with Crippen molar-refractivity contribution >= 4 is 20.0 Å². The molecule has 0 fully saturated rings. The van der Waals surface area contributed by atoms with Crippen molar-refractivity contribution in [1.82, 2.24) is 3.71 Å². The van der Waals surface area contributed by atoms with Crippen molar-refractivity contribution in [3.8, 4) is 0 Å². The third kappa shape index (κ3) is 4.61. The van der Waals surface area contributed by atoms with Gasteiger partial charge in [-0.25, -0.2) is 21.2 Å². The first-order valence-electron chi connectivity index (χ1n) is 3.74. The van der Waals surface area contributed by atoms with Crippen molar-refractivity contribution in [3.05, 3.63) is 0 Å². The van der Waals surface area contributed by atoms with E-state index < -0.39 is 48.1 Å². The lowest BCUT2D eigenvalue weighted by Gasteiger charge is -2.17. The summed E-state index contributed by atoms with van der Waals surface area (Å²) in [6.45, 7) is -1.38. The van der Waals surface area contributed by atoms with Crippen molar-refractivity contribution in [3.63, 3.8) is 0 Å². The van der Waals surface area contributed by atoms with Gasteiger partial charge in [0, 0.05) is 7.05 Å². The van der Waals surface area contributed by atoms with Crippen molar-refractivity contribution in [1.29, 1.82) is 0 Å². The Morgan fingerprint density at radius 1 is 1.06 bits per heavy atom. The van der Waals surface area contributed by atoms with Gasteiger partial charge in [-0.3, -0.25) is 0 Å². The van der Waals surface area contributed by atoms with Crippen LogP contribution >= 0.6 is 0 Å². The second-order valence-electron chi connectivity index (χ2n) is 2.76. The normalized spacial score (nSPS) is 14.4. The molecule has 0 saturated carbocycles. The van der Waals surface area contributed by atoms with Gasteiger partial charge >= 0.3 is 6.18 Å². The molecule has 11 heteroatoms. The summed E-state index contributed by atoms with van der Waals surface area (Å²) in [5.41, 5.74) is 0. The fourth-order valence-electron chi connectivity index (χ4n) is 0.697. The maximum Gasteiger partial charge on any atom is 0.404 e. The molecule has 5 nitrogen and oxygen atoms in total. The molecule has 98 valence electrons. The van der Waals surface area contributed by atoms with E-state index in [1.807, 2.05) is 0 Å². The molecule has 0 spiro atoms. The Hall–Kier alpha value is -0.420. The maximum absolute atomic E-state index is 11.8. The molecule has 0 radical (unpaired) electrons. The third-order valence-electron chi connectivity index (χ3n) is 1.46. The van der Waals surface area contributed by atoms with Gasteiger partial charge in [0.2, 0.25) is 20.0 Å². The average molecular weight is 287 g/mol. The first kappa shape index (κ1) is 15.6. The van der Waals surface area contributed by atoms with E-state index in [0.29, 0.717) is 7.05 Å². The van der Waals surface area contributed by atoms with Crippen molar-refractivity contribution < 1.29 is 34.4 Å². The summed E-state index contributed by atoms with van der Waals surface area (Å²) < 4.78 is 90.7. The van der Waals surface area contributed by atoms with Crippen LogP contribution in [0.1, 0.15) is 0 Å². The third-order valence-corrected chi connectivity index (χ3v) is 5.76. The molecule has 0 heterocycles. The molecule has 0 aromatic rings. The molecule has 0 unspecified atom stereocenters. The molecule has 0 aromatic heterocycles. The molecule has 0 rings (SSSR count). The second kappa shape index (κ2) is 4.84. The van der Waals surface area contributed by atoms with Gasteiger partial charge in [0.25, 0.3) is 0 Å². The first-order chi connectivity index (χ1) is 6.92. The Labute approximate surface area is 90.1 Å². The minimum atomic E-state index is -5.06. The first-order valence-corrected chi connectivity index (χ1v) is 6.96. The standard InChI is InChI=1S/C5H9F4NO4S2/c1-10(15(11,12)3-2-6)16(13,14)4-5(7,8)9/h2-4H2,1H3. The van der Waals surface area contributed by atoms with Crippen LogP contribution < -0.4 is 0 Å². The smallest absolute Gasteiger partial charge is 0.250 e. The Bertz CT molecular complexity index is 426. The number of nitrogens with zero attached hydrogens (tertiary/aromatic N) is 1. The van der Waals surface area contributed by atoms with Crippen molar-refractivity contribution in [2.75, 3.05) is 25.2 Å². The van der Waals surface area contributed by atoms with Crippen LogP contribution in [0.4, 0.5) is 17.6 Å². The summed E-state index contributed by atoms with van der Waals surface area (Å²) in [4.78, 5) is 0. The van der Waals surface area contributed by atoms with E-state index >= 15 is 0 Å². The zero-order valence-corrected chi connectivity index (χ0v) is 9.66. The van der Waals surface area contributed by atoms with E-state index in [1.54, 1.807) is 0 Å². The highest BCUT2D eigenvalue weighted by atomic mass is 32.3. The van der Waals surface area contributed by atoms with E-state index in [2.05, 4.69) is 0 Å². The minimum Gasteiger partial charge on any atom is -0.250 e. The molecule has 0 bridgehead atoms. The molecular formula is C5H9F4NO4S2. The summed E-state index contributed by atoms with van der Waals surface area (Å²) in [6.07, 6.45) is -5.06. The summed E-state index contributed by atoms with van der Waals surface area (Å²) in [5.74, 6) is -3.48. The van der Waals surface area contributed by atoms with Gasteiger partial charge in [-0.05, 0) is 0 Å². The van der Waals surface area contributed by atoms with Gasteiger partial charge in [0.05, 0.1) is 5.75 Å². The zero-order valence-electron chi connectivity index (χ0n) is 8.03. The van der Waals surface area contributed by atoms with Crippen molar-refractivity contribution in [2.45, 2.75) is 6.18 Å². The van der Waals surface area contributed by atoms with Crippen LogP contribution in [-0.2, 0) is 20.0 Å². The topological polar surface area (TPSA) is 71.5 Å². The van der Waals surface area contributed by atoms with Crippen LogP contribution in [0.5, 0.6) is 0 Å². The molecular weight excluding hydrogens is 278 g/mol. The molecule has 0 aliphatic carbocycles. The highest BCUT2D eigenvalue weighted by Gasteiger charge is 2.40. The predicted octanol–water partition coefficient (Wildman–Crippen LogP) is 0.110. The van der Waals surface area contributed by atoms with Crippen LogP contribution in [0.25, 0.3) is 0 Å². The number of alkyl halides is 4. The largest absolute Gasteiger partial charge is 0.404 e. The fourth-order valence-corrected chi connectivity index (χ4v) is 3.51. The van der Waals surface area contributed by atoms with Gasteiger partial charge in [-0.15, -0.1) is 0 Å². The van der Waals surface area contributed by atoms with E-state index in [1.165, 1.54) is 0 Å². The van der Waals surface area contributed by atoms with Gasteiger partial charge in [0.1, 0.15) is 6.67 Å². The van der Waals surface area contributed by atoms with Gasteiger partial charge < -0.3 is 0 Å². The number of rotatable bonds is 5. The van der Waals surface area contributed by atoms with Crippen LogP contribution in [0.15, 0.2) is 0 Å².